The van der Waals surface area contributed by atoms with E-state index in [4.69, 9.17) is 0 Å². The summed E-state index contributed by atoms with van der Waals surface area (Å²) in [6.07, 6.45) is 5.01. The fourth-order valence-corrected chi connectivity index (χ4v) is 1.63. The highest BCUT2D eigenvalue weighted by Crippen LogP contribution is 2.10. The predicted octanol–water partition coefficient (Wildman–Crippen LogP) is 2.47. The Morgan fingerprint density at radius 2 is 1.79 bits per heavy atom. The Kier molecular flexibility index (Phi) is 3.10. The number of benzene rings is 1. The van der Waals surface area contributed by atoms with Gasteiger partial charge >= 0.3 is 0 Å². The Balaban J connectivity index is 1.77. The highest BCUT2D eigenvalue weighted by atomic mass is 15.3. The van der Waals surface area contributed by atoms with Gasteiger partial charge in [0.2, 0.25) is 0 Å². The van der Waals surface area contributed by atoms with Crippen LogP contribution in [0.2, 0.25) is 0 Å². The number of para-hydroxylation sites is 2. The summed E-state index contributed by atoms with van der Waals surface area (Å²) in [6, 6.07) is 13.3. The van der Waals surface area contributed by atoms with Crippen LogP contribution in [0.25, 0.3) is 11.0 Å². The molecule has 1 N–H and O–H groups in total. The summed E-state index contributed by atoms with van der Waals surface area (Å²) in [4.78, 5) is 12.8. The first-order chi connectivity index (χ1) is 9.42. The molecule has 0 saturated heterocycles. The summed E-state index contributed by atoms with van der Waals surface area (Å²) >= 11 is 0. The molecule has 0 aliphatic rings. The van der Waals surface area contributed by atoms with Crippen molar-refractivity contribution in [1.29, 1.82) is 0 Å². The van der Waals surface area contributed by atoms with Gasteiger partial charge in [0.1, 0.15) is 0 Å². The minimum absolute atomic E-state index is 0.603. The molecule has 3 aromatic rings. The lowest BCUT2D eigenvalue weighted by Gasteiger charge is -2.00. The number of pyridine rings is 1. The van der Waals surface area contributed by atoms with Crippen molar-refractivity contribution in [3.8, 4) is 0 Å². The van der Waals surface area contributed by atoms with Crippen molar-refractivity contribution in [1.82, 2.24) is 15.0 Å². The minimum atomic E-state index is 0.603. The molecule has 0 aliphatic carbocycles. The average Bonchev–Trinajstić information content (AvgIpc) is 2.48. The first-order valence-electron chi connectivity index (χ1n) is 5.84. The quantitative estimate of drug-likeness (QED) is 0.572. The Morgan fingerprint density at radius 1 is 0.947 bits per heavy atom. The third-order valence-electron chi connectivity index (χ3n) is 2.51. The maximum Gasteiger partial charge on any atom is 0.165 e. The van der Waals surface area contributed by atoms with Crippen LogP contribution in [-0.2, 0) is 0 Å². The molecule has 92 valence electrons. The molecule has 3 rings (SSSR count). The van der Waals surface area contributed by atoms with E-state index < -0.39 is 0 Å². The predicted molar refractivity (Wildman–Crippen MR) is 75.0 cm³/mol. The summed E-state index contributed by atoms with van der Waals surface area (Å²) in [5.41, 5.74) is 5.32. The second-order valence-electron chi connectivity index (χ2n) is 3.87. The molecule has 5 nitrogen and oxygen atoms in total. The number of nitrogens with zero attached hydrogens (tertiary/aromatic N) is 4. The van der Waals surface area contributed by atoms with E-state index in [1.807, 2.05) is 42.5 Å². The zero-order valence-corrected chi connectivity index (χ0v) is 10.1. The van der Waals surface area contributed by atoms with Gasteiger partial charge in [-0.2, -0.15) is 5.10 Å². The van der Waals surface area contributed by atoms with E-state index in [1.54, 1.807) is 18.6 Å². The number of hydrazone groups is 1. The Labute approximate surface area is 110 Å². The van der Waals surface area contributed by atoms with Crippen molar-refractivity contribution in [3.63, 3.8) is 0 Å². The van der Waals surface area contributed by atoms with E-state index in [1.165, 1.54) is 0 Å². The smallest absolute Gasteiger partial charge is 0.165 e. The lowest BCUT2D eigenvalue weighted by Crippen LogP contribution is -1.96. The largest absolute Gasteiger partial charge is 0.260 e. The lowest BCUT2D eigenvalue weighted by molar-refractivity contribution is 1.21. The molecule has 0 unspecified atom stereocenters. The molecular formula is C14H11N5. The number of rotatable bonds is 3. The molecule has 0 saturated carbocycles. The van der Waals surface area contributed by atoms with Gasteiger partial charge in [-0.15, -0.1) is 0 Å². The maximum atomic E-state index is 4.40. The van der Waals surface area contributed by atoms with Crippen molar-refractivity contribution >= 4 is 23.1 Å². The topological polar surface area (TPSA) is 63.1 Å². The first-order valence-corrected chi connectivity index (χ1v) is 5.84. The molecule has 0 spiro atoms. The van der Waals surface area contributed by atoms with E-state index in [9.17, 15) is 0 Å². The Bertz CT molecular complexity index is 709. The molecule has 0 atom stereocenters. The van der Waals surface area contributed by atoms with Crippen molar-refractivity contribution < 1.29 is 0 Å². The number of fused-ring (bicyclic) bond motifs is 1. The van der Waals surface area contributed by atoms with E-state index in [-0.39, 0.29) is 0 Å². The average molecular weight is 249 g/mol. The molecule has 0 bridgehead atoms. The number of hydrogen-bond donors (Lipinski definition) is 1. The van der Waals surface area contributed by atoms with Gasteiger partial charge in [0, 0.05) is 6.20 Å². The van der Waals surface area contributed by atoms with E-state index >= 15 is 0 Å². The van der Waals surface area contributed by atoms with Crippen molar-refractivity contribution in [2.45, 2.75) is 0 Å². The van der Waals surface area contributed by atoms with Crippen molar-refractivity contribution in [2.24, 2.45) is 5.10 Å². The highest BCUT2D eigenvalue weighted by Gasteiger charge is 1.97. The van der Waals surface area contributed by atoms with Gasteiger partial charge in [-0.05, 0) is 24.3 Å². The van der Waals surface area contributed by atoms with Crippen molar-refractivity contribution in [2.75, 3.05) is 5.43 Å². The summed E-state index contributed by atoms with van der Waals surface area (Å²) < 4.78 is 0. The van der Waals surface area contributed by atoms with Crippen LogP contribution in [0, 0.1) is 0 Å². The molecular weight excluding hydrogens is 238 g/mol. The molecule has 5 heteroatoms. The summed E-state index contributed by atoms with van der Waals surface area (Å²) in [6.45, 7) is 0. The number of aromatic nitrogens is 3. The van der Waals surface area contributed by atoms with Gasteiger partial charge in [-0.3, -0.25) is 15.4 Å². The molecule has 2 heterocycles. The molecule has 19 heavy (non-hydrogen) atoms. The second-order valence-corrected chi connectivity index (χ2v) is 3.87. The summed E-state index contributed by atoms with van der Waals surface area (Å²) in [5.74, 6) is 0.603. The highest BCUT2D eigenvalue weighted by molar-refractivity contribution is 5.78. The van der Waals surface area contributed by atoms with Crippen LogP contribution in [0.4, 0.5) is 5.82 Å². The molecule has 0 aliphatic heterocycles. The maximum absolute atomic E-state index is 4.40. The first kappa shape index (κ1) is 11.3. The van der Waals surface area contributed by atoms with Crippen LogP contribution in [0.3, 0.4) is 0 Å². The third-order valence-corrected chi connectivity index (χ3v) is 2.51. The molecule has 0 amide bonds. The standard InChI is InChI=1S/C14H11N5/c1-2-7-13-12(6-1)16-10-14(18-13)19-17-9-11-5-3-4-8-15-11/h1-10H,(H,18,19)/b17-9+. The number of hydrogen-bond acceptors (Lipinski definition) is 5. The second kappa shape index (κ2) is 5.22. The van der Waals surface area contributed by atoms with Gasteiger partial charge in [-0.1, -0.05) is 18.2 Å². The molecule has 0 fully saturated rings. The molecule has 0 radical (unpaired) electrons. The molecule has 2 aromatic heterocycles. The number of nitrogens with one attached hydrogen (secondary N) is 1. The van der Waals surface area contributed by atoms with E-state index in [0.717, 1.165) is 16.7 Å². The summed E-state index contributed by atoms with van der Waals surface area (Å²) in [7, 11) is 0. The minimum Gasteiger partial charge on any atom is -0.260 e. The van der Waals surface area contributed by atoms with Crippen LogP contribution < -0.4 is 5.43 Å². The summed E-state index contributed by atoms with van der Waals surface area (Å²) in [5, 5.41) is 4.08. The van der Waals surface area contributed by atoms with E-state index in [0.29, 0.717) is 5.82 Å². The van der Waals surface area contributed by atoms with Gasteiger partial charge < -0.3 is 0 Å². The third kappa shape index (κ3) is 2.71. The fourth-order valence-electron chi connectivity index (χ4n) is 1.63. The van der Waals surface area contributed by atoms with Gasteiger partial charge in [-0.25, -0.2) is 4.98 Å². The van der Waals surface area contributed by atoms with Gasteiger partial charge in [0.05, 0.1) is 29.1 Å². The monoisotopic (exact) mass is 249 g/mol. The van der Waals surface area contributed by atoms with Crippen LogP contribution in [0.5, 0.6) is 0 Å². The van der Waals surface area contributed by atoms with Gasteiger partial charge in [0.25, 0.3) is 0 Å². The zero-order chi connectivity index (χ0) is 12.9. The van der Waals surface area contributed by atoms with E-state index in [2.05, 4.69) is 25.5 Å². The number of anilines is 1. The Hall–Kier alpha value is -2.82. The normalized spacial score (nSPS) is 10.9. The lowest BCUT2D eigenvalue weighted by atomic mass is 10.3. The zero-order valence-electron chi connectivity index (χ0n) is 10.1. The van der Waals surface area contributed by atoms with Crippen molar-refractivity contribution in [3.05, 3.63) is 60.6 Å². The van der Waals surface area contributed by atoms with Crippen LogP contribution in [0.15, 0.2) is 60.0 Å². The fraction of sp³-hybridized carbons (Fsp3) is 0. The van der Waals surface area contributed by atoms with Gasteiger partial charge in [0.15, 0.2) is 5.82 Å². The van der Waals surface area contributed by atoms with Crippen LogP contribution in [0.1, 0.15) is 5.69 Å². The van der Waals surface area contributed by atoms with Crippen LogP contribution in [-0.4, -0.2) is 21.2 Å². The Morgan fingerprint density at radius 3 is 2.63 bits per heavy atom. The SMILES string of the molecule is C(=N\Nc1cnc2ccccc2n1)/c1ccccn1. The molecule has 1 aromatic carbocycles. The van der Waals surface area contributed by atoms with Crippen LogP contribution >= 0.6 is 0 Å².